The summed E-state index contributed by atoms with van der Waals surface area (Å²) in [6.45, 7) is 5.24. The number of rotatable bonds is 5. The molecule has 112 valence electrons. The Morgan fingerprint density at radius 2 is 2.29 bits per heavy atom. The standard InChI is InChI=1S/C13H18ClN7/c1-2-20-7-3-5-10(20)9-15-12-17-11(14)18-13(19-12)21-8-4-6-16-21/h4,6,8,10H,2-3,5,7,9H2,1H3,(H,15,17,18,19). The van der Waals surface area contributed by atoms with Gasteiger partial charge in [-0.1, -0.05) is 6.92 Å². The van der Waals surface area contributed by atoms with Gasteiger partial charge in [-0.05, 0) is 43.6 Å². The second-order valence-corrected chi connectivity index (χ2v) is 5.32. The highest BCUT2D eigenvalue weighted by molar-refractivity contribution is 6.28. The topological polar surface area (TPSA) is 71.8 Å². The molecule has 1 aliphatic heterocycles. The van der Waals surface area contributed by atoms with Gasteiger partial charge >= 0.3 is 0 Å². The van der Waals surface area contributed by atoms with Crippen LogP contribution in [0.4, 0.5) is 5.95 Å². The Morgan fingerprint density at radius 3 is 3.05 bits per heavy atom. The van der Waals surface area contributed by atoms with E-state index in [-0.39, 0.29) is 5.28 Å². The molecule has 1 unspecified atom stereocenters. The van der Waals surface area contributed by atoms with Gasteiger partial charge < -0.3 is 5.32 Å². The Bertz CT molecular complexity index is 586. The van der Waals surface area contributed by atoms with E-state index in [0.29, 0.717) is 17.9 Å². The molecule has 0 radical (unpaired) electrons. The summed E-state index contributed by atoms with van der Waals surface area (Å²) in [5, 5.41) is 7.53. The zero-order valence-electron chi connectivity index (χ0n) is 11.9. The highest BCUT2D eigenvalue weighted by atomic mass is 35.5. The van der Waals surface area contributed by atoms with E-state index in [1.807, 2.05) is 6.07 Å². The van der Waals surface area contributed by atoms with Gasteiger partial charge in [0.2, 0.25) is 11.2 Å². The maximum atomic E-state index is 5.96. The van der Waals surface area contributed by atoms with Gasteiger partial charge in [0, 0.05) is 25.0 Å². The Kier molecular flexibility index (Phi) is 4.31. The van der Waals surface area contributed by atoms with Crippen molar-refractivity contribution in [1.29, 1.82) is 0 Å². The van der Waals surface area contributed by atoms with Crippen LogP contribution in [0.2, 0.25) is 5.28 Å². The number of anilines is 1. The SMILES string of the molecule is CCN1CCCC1CNc1nc(Cl)nc(-n2cccn2)n1. The molecule has 8 heteroatoms. The Balaban J connectivity index is 1.71. The summed E-state index contributed by atoms with van der Waals surface area (Å²) < 4.78 is 1.56. The van der Waals surface area contributed by atoms with Gasteiger partial charge in [0.25, 0.3) is 5.95 Å². The van der Waals surface area contributed by atoms with Crippen LogP contribution in [0.1, 0.15) is 19.8 Å². The molecule has 3 rings (SSSR count). The first-order valence-corrected chi connectivity index (χ1v) is 7.53. The van der Waals surface area contributed by atoms with Crippen LogP contribution in [0.25, 0.3) is 5.95 Å². The summed E-state index contributed by atoms with van der Waals surface area (Å²) in [5.74, 6) is 0.907. The molecular formula is C13H18ClN7. The average molecular weight is 308 g/mol. The number of hydrogen-bond acceptors (Lipinski definition) is 6. The van der Waals surface area contributed by atoms with Crippen molar-refractivity contribution < 1.29 is 0 Å². The molecule has 21 heavy (non-hydrogen) atoms. The molecule has 2 aromatic rings. The van der Waals surface area contributed by atoms with E-state index in [4.69, 9.17) is 11.6 Å². The first-order valence-electron chi connectivity index (χ1n) is 7.16. The van der Waals surface area contributed by atoms with Crippen LogP contribution in [-0.2, 0) is 0 Å². The second kappa shape index (κ2) is 6.36. The molecule has 0 amide bonds. The summed E-state index contributed by atoms with van der Waals surface area (Å²) in [5.41, 5.74) is 0. The Hall–Kier alpha value is -1.73. The zero-order chi connectivity index (χ0) is 14.7. The number of halogens is 1. The molecule has 3 heterocycles. The third-order valence-corrected chi connectivity index (χ3v) is 3.88. The van der Waals surface area contributed by atoms with Gasteiger partial charge in [0.05, 0.1) is 0 Å². The first-order chi connectivity index (χ1) is 10.3. The summed E-state index contributed by atoms with van der Waals surface area (Å²) in [6, 6.07) is 2.33. The van der Waals surface area contributed by atoms with Crippen molar-refractivity contribution in [3.63, 3.8) is 0 Å². The van der Waals surface area contributed by atoms with Crippen molar-refractivity contribution >= 4 is 17.5 Å². The molecule has 0 bridgehead atoms. The molecule has 0 saturated carbocycles. The monoisotopic (exact) mass is 307 g/mol. The number of nitrogens with one attached hydrogen (secondary N) is 1. The Labute approximate surface area is 128 Å². The highest BCUT2D eigenvalue weighted by Gasteiger charge is 2.22. The van der Waals surface area contributed by atoms with Crippen LogP contribution >= 0.6 is 11.6 Å². The van der Waals surface area contributed by atoms with E-state index in [1.54, 1.807) is 17.1 Å². The predicted octanol–water partition coefficient (Wildman–Crippen LogP) is 1.61. The summed E-state index contributed by atoms with van der Waals surface area (Å²) in [4.78, 5) is 15.0. The van der Waals surface area contributed by atoms with Gasteiger partial charge in [-0.3, -0.25) is 4.90 Å². The molecule has 0 aromatic carbocycles. The molecule has 0 aliphatic carbocycles. The van der Waals surface area contributed by atoms with E-state index in [9.17, 15) is 0 Å². The molecule has 2 aromatic heterocycles. The molecule has 1 saturated heterocycles. The minimum absolute atomic E-state index is 0.164. The maximum absolute atomic E-state index is 5.96. The molecular weight excluding hydrogens is 290 g/mol. The van der Waals surface area contributed by atoms with Crippen molar-refractivity contribution in [3.8, 4) is 5.95 Å². The smallest absolute Gasteiger partial charge is 0.256 e. The van der Waals surface area contributed by atoms with Crippen LogP contribution in [0.5, 0.6) is 0 Å². The van der Waals surface area contributed by atoms with E-state index in [2.05, 4.69) is 37.2 Å². The number of aromatic nitrogens is 5. The number of likely N-dealkylation sites (tertiary alicyclic amines) is 1. The fraction of sp³-hybridized carbons (Fsp3) is 0.538. The number of nitrogens with zero attached hydrogens (tertiary/aromatic N) is 6. The third-order valence-electron chi connectivity index (χ3n) is 3.71. The van der Waals surface area contributed by atoms with Crippen molar-refractivity contribution in [2.75, 3.05) is 25.0 Å². The van der Waals surface area contributed by atoms with Crippen LogP contribution in [0, 0.1) is 0 Å². The quantitative estimate of drug-likeness (QED) is 0.905. The van der Waals surface area contributed by atoms with Crippen molar-refractivity contribution in [2.24, 2.45) is 0 Å². The van der Waals surface area contributed by atoms with E-state index >= 15 is 0 Å². The maximum Gasteiger partial charge on any atom is 0.256 e. The molecule has 1 fully saturated rings. The van der Waals surface area contributed by atoms with Crippen LogP contribution in [0.3, 0.4) is 0 Å². The molecule has 1 atom stereocenters. The third kappa shape index (κ3) is 3.30. The minimum Gasteiger partial charge on any atom is -0.352 e. The van der Waals surface area contributed by atoms with E-state index in [1.165, 1.54) is 19.4 Å². The molecule has 1 aliphatic rings. The van der Waals surface area contributed by atoms with Crippen LogP contribution in [0.15, 0.2) is 18.5 Å². The van der Waals surface area contributed by atoms with Crippen molar-refractivity contribution in [2.45, 2.75) is 25.8 Å². The van der Waals surface area contributed by atoms with Crippen molar-refractivity contribution in [3.05, 3.63) is 23.7 Å². The number of likely N-dealkylation sites (N-methyl/N-ethyl adjacent to an activating group) is 1. The fourth-order valence-corrected chi connectivity index (χ4v) is 2.82. The van der Waals surface area contributed by atoms with Crippen LogP contribution < -0.4 is 5.32 Å². The molecule has 7 nitrogen and oxygen atoms in total. The van der Waals surface area contributed by atoms with E-state index < -0.39 is 0 Å². The summed E-state index contributed by atoms with van der Waals surface area (Å²) in [6.07, 6.45) is 5.88. The first kappa shape index (κ1) is 14.2. The lowest BCUT2D eigenvalue weighted by molar-refractivity contribution is 0.276. The summed E-state index contributed by atoms with van der Waals surface area (Å²) in [7, 11) is 0. The Morgan fingerprint density at radius 1 is 1.38 bits per heavy atom. The van der Waals surface area contributed by atoms with Gasteiger partial charge in [-0.15, -0.1) is 0 Å². The molecule has 1 N–H and O–H groups in total. The fourth-order valence-electron chi connectivity index (χ4n) is 2.66. The van der Waals surface area contributed by atoms with Gasteiger partial charge in [-0.25, -0.2) is 4.68 Å². The van der Waals surface area contributed by atoms with Gasteiger partial charge in [-0.2, -0.15) is 20.1 Å². The zero-order valence-corrected chi connectivity index (χ0v) is 12.7. The van der Waals surface area contributed by atoms with Gasteiger partial charge in [0.15, 0.2) is 0 Å². The average Bonchev–Trinajstić information content (AvgIpc) is 3.15. The molecule has 0 spiro atoms. The predicted molar refractivity (Wildman–Crippen MR) is 80.7 cm³/mol. The number of hydrogen-bond donors (Lipinski definition) is 1. The largest absolute Gasteiger partial charge is 0.352 e. The summed E-state index contributed by atoms with van der Waals surface area (Å²) >= 11 is 5.96. The van der Waals surface area contributed by atoms with Crippen LogP contribution in [-0.4, -0.2) is 55.3 Å². The highest BCUT2D eigenvalue weighted by Crippen LogP contribution is 2.17. The van der Waals surface area contributed by atoms with E-state index in [0.717, 1.165) is 13.1 Å². The lowest BCUT2D eigenvalue weighted by Gasteiger charge is -2.22. The normalized spacial score (nSPS) is 19.0. The minimum atomic E-state index is 0.164. The van der Waals surface area contributed by atoms with Gasteiger partial charge in [0.1, 0.15) is 0 Å². The lowest BCUT2D eigenvalue weighted by Crippen LogP contribution is -2.35. The second-order valence-electron chi connectivity index (χ2n) is 4.98. The van der Waals surface area contributed by atoms with Crippen molar-refractivity contribution in [1.82, 2.24) is 29.6 Å². The lowest BCUT2D eigenvalue weighted by atomic mass is 10.2.